The van der Waals surface area contributed by atoms with Gasteiger partial charge in [0.15, 0.2) is 5.69 Å². The molecule has 1 atom stereocenters. The Balaban J connectivity index is 1.62. The van der Waals surface area contributed by atoms with Gasteiger partial charge in [0.25, 0.3) is 0 Å². The van der Waals surface area contributed by atoms with Crippen molar-refractivity contribution in [3.05, 3.63) is 52.1 Å². The van der Waals surface area contributed by atoms with Gasteiger partial charge in [0.05, 0.1) is 10.7 Å². The summed E-state index contributed by atoms with van der Waals surface area (Å²) in [4.78, 5) is 16.6. The third kappa shape index (κ3) is 4.72. The minimum atomic E-state index is -4.68. The number of hydrogen-bond donors (Lipinski definition) is 0. The van der Waals surface area contributed by atoms with E-state index in [4.69, 9.17) is 11.6 Å². The van der Waals surface area contributed by atoms with Crippen LogP contribution in [0.2, 0.25) is 5.02 Å². The second-order valence-corrected chi connectivity index (χ2v) is 7.47. The van der Waals surface area contributed by atoms with Crippen molar-refractivity contribution in [2.75, 3.05) is 26.2 Å². The van der Waals surface area contributed by atoms with Crippen LogP contribution in [0.5, 0.6) is 0 Å². The van der Waals surface area contributed by atoms with Crippen LogP contribution in [0.25, 0.3) is 0 Å². The molecule has 10 heteroatoms. The van der Waals surface area contributed by atoms with Gasteiger partial charge in [0.2, 0.25) is 5.91 Å². The highest BCUT2D eigenvalue weighted by atomic mass is 35.5. The highest BCUT2D eigenvalue weighted by Gasteiger charge is 2.39. The smallest absolute Gasteiger partial charge is 0.338 e. The van der Waals surface area contributed by atoms with E-state index in [0.717, 1.165) is 10.2 Å². The van der Waals surface area contributed by atoms with Crippen LogP contribution in [0, 0.1) is 12.7 Å². The van der Waals surface area contributed by atoms with Gasteiger partial charge in [-0.2, -0.15) is 18.3 Å². The van der Waals surface area contributed by atoms with Crippen LogP contribution in [-0.4, -0.2) is 51.7 Å². The lowest BCUT2D eigenvalue weighted by molar-refractivity contribution is -0.142. The topological polar surface area (TPSA) is 41.4 Å². The van der Waals surface area contributed by atoms with Gasteiger partial charge in [-0.15, -0.1) is 0 Å². The van der Waals surface area contributed by atoms with Crippen LogP contribution in [0.1, 0.15) is 29.9 Å². The maximum absolute atomic E-state index is 13.0. The van der Waals surface area contributed by atoms with E-state index in [1.54, 1.807) is 17.0 Å². The van der Waals surface area contributed by atoms with Crippen molar-refractivity contribution >= 4 is 17.5 Å². The van der Waals surface area contributed by atoms with Crippen molar-refractivity contribution < 1.29 is 22.4 Å². The van der Waals surface area contributed by atoms with Crippen LogP contribution >= 0.6 is 11.6 Å². The van der Waals surface area contributed by atoms with Crippen molar-refractivity contribution in [1.29, 1.82) is 0 Å². The van der Waals surface area contributed by atoms with Crippen molar-refractivity contribution in [2.45, 2.75) is 32.6 Å². The van der Waals surface area contributed by atoms with E-state index in [-0.39, 0.29) is 17.4 Å². The Labute approximate surface area is 170 Å². The number of alkyl halides is 3. The number of halogens is 5. The number of benzene rings is 1. The normalized spacial score (nSPS) is 16.9. The van der Waals surface area contributed by atoms with Crippen LogP contribution in [0.15, 0.2) is 24.3 Å². The molecule has 1 saturated heterocycles. The van der Waals surface area contributed by atoms with E-state index in [9.17, 15) is 22.4 Å². The van der Waals surface area contributed by atoms with Gasteiger partial charge in [-0.1, -0.05) is 23.7 Å². The number of rotatable bonds is 4. The predicted molar refractivity (Wildman–Crippen MR) is 99.9 cm³/mol. The number of amides is 1. The van der Waals surface area contributed by atoms with E-state index in [1.807, 2.05) is 0 Å². The molecule has 1 aromatic carbocycles. The lowest BCUT2D eigenvalue weighted by Gasteiger charge is -2.36. The molecule has 0 radical (unpaired) electrons. The predicted octanol–water partition coefficient (Wildman–Crippen LogP) is 3.91. The first-order valence-electron chi connectivity index (χ1n) is 9.15. The van der Waals surface area contributed by atoms with E-state index in [1.165, 1.54) is 26.0 Å². The quantitative estimate of drug-likeness (QED) is 0.688. The molecule has 1 aromatic heterocycles. The maximum Gasteiger partial charge on any atom is 0.436 e. The molecule has 2 aromatic rings. The molecule has 0 bridgehead atoms. The number of carbonyl (C=O) groups excluding carboxylic acids is 1. The average Bonchev–Trinajstić information content (AvgIpc) is 2.98. The van der Waals surface area contributed by atoms with Gasteiger partial charge >= 0.3 is 6.18 Å². The SMILES string of the molecule is Cc1c(Cl)c(C(F)(F)F)nn1C(C)C(=O)N1CCN(Cc2ccc(F)cc2)CC1. The van der Waals surface area contributed by atoms with E-state index in [0.29, 0.717) is 32.7 Å². The molecule has 5 nitrogen and oxygen atoms in total. The van der Waals surface area contributed by atoms with Crippen LogP contribution in [-0.2, 0) is 17.5 Å². The lowest BCUT2D eigenvalue weighted by Crippen LogP contribution is -2.50. The standard InChI is InChI=1S/C19H21ClF4N4O/c1-12-16(20)17(19(22,23)24)25-28(12)13(2)18(29)27-9-7-26(8-10-27)11-14-3-5-15(21)6-4-14/h3-6,13H,7-11H2,1-2H3. The van der Waals surface area contributed by atoms with Gasteiger partial charge in [-0.25, -0.2) is 4.39 Å². The maximum atomic E-state index is 13.0. The molecule has 0 saturated carbocycles. The molecule has 1 fully saturated rings. The number of nitrogens with zero attached hydrogens (tertiary/aromatic N) is 4. The van der Waals surface area contributed by atoms with Crippen molar-refractivity contribution in [2.24, 2.45) is 0 Å². The largest absolute Gasteiger partial charge is 0.436 e. The first-order chi connectivity index (χ1) is 13.6. The molecule has 158 valence electrons. The van der Waals surface area contributed by atoms with Crippen molar-refractivity contribution in [3.8, 4) is 0 Å². The lowest BCUT2D eigenvalue weighted by atomic mass is 10.2. The minimum absolute atomic E-state index is 0.106. The zero-order chi connectivity index (χ0) is 21.3. The van der Waals surface area contributed by atoms with Gasteiger partial charge in [-0.3, -0.25) is 14.4 Å². The Kier molecular flexibility index (Phi) is 6.19. The minimum Gasteiger partial charge on any atom is -0.338 e. The first kappa shape index (κ1) is 21.6. The van der Waals surface area contributed by atoms with Crippen LogP contribution in [0.3, 0.4) is 0 Å². The summed E-state index contributed by atoms with van der Waals surface area (Å²) >= 11 is 5.78. The Morgan fingerprint density at radius 2 is 1.76 bits per heavy atom. The Morgan fingerprint density at radius 1 is 1.17 bits per heavy atom. The number of carbonyl (C=O) groups is 1. The molecule has 0 aliphatic carbocycles. The molecule has 3 rings (SSSR count). The number of hydrogen-bond acceptors (Lipinski definition) is 3. The summed E-state index contributed by atoms with van der Waals surface area (Å²) in [6.07, 6.45) is -4.68. The first-order valence-corrected chi connectivity index (χ1v) is 9.53. The van der Waals surface area contributed by atoms with E-state index < -0.39 is 22.9 Å². The third-order valence-electron chi connectivity index (χ3n) is 5.07. The van der Waals surface area contributed by atoms with Crippen molar-refractivity contribution in [1.82, 2.24) is 19.6 Å². The zero-order valence-corrected chi connectivity index (χ0v) is 16.8. The fourth-order valence-electron chi connectivity index (χ4n) is 3.40. The zero-order valence-electron chi connectivity index (χ0n) is 16.0. The second kappa shape index (κ2) is 8.31. The highest BCUT2D eigenvalue weighted by molar-refractivity contribution is 6.32. The van der Waals surface area contributed by atoms with Gasteiger partial charge in [0.1, 0.15) is 11.9 Å². The molecule has 2 heterocycles. The number of aromatic nitrogens is 2. The summed E-state index contributed by atoms with van der Waals surface area (Å²) in [5, 5.41) is 3.06. The summed E-state index contributed by atoms with van der Waals surface area (Å²) in [6.45, 7) is 5.69. The van der Waals surface area contributed by atoms with Crippen LogP contribution in [0.4, 0.5) is 17.6 Å². The van der Waals surface area contributed by atoms with Crippen LogP contribution < -0.4 is 0 Å². The summed E-state index contributed by atoms with van der Waals surface area (Å²) in [5.74, 6) is -0.594. The molecular weight excluding hydrogens is 412 g/mol. The molecule has 1 amide bonds. The average molecular weight is 433 g/mol. The van der Waals surface area contributed by atoms with Gasteiger partial charge < -0.3 is 4.90 Å². The molecular formula is C19H21ClF4N4O. The molecule has 1 aliphatic rings. The molecule has 29 heavy (non-hydrogen) atoms. The molecule has 0 spiro atoms. The number of piperazine rings is 1. The third-order valence-corrected chi connectivity index (χ3v) is 5.53. The molecule has 0 N–H and O–H groups in total. The molecule has 1 aliphatic heterocycles. The van der Waals surface area contributed by atoms with E-state index >= 15 is 0 Å². The monoisotopic (exact) mass is 432 g/mol. The Bertz CT molecular complexity index is 874. The highest BCUT2D eigenvalue weighted by Crippen LogP contribution is 2.36. The summed E-state index contributed by atoms with van der Waals surface area (Å²) < 4.78 is 53.1. The fourth-order valence-corrected chi connectivity index (χ4v) is 3.63. The second-order valence-electron chi connectivity index (χ2n) is 7.09. The summed E-state index contributed by atoms with van der Waals surface area (Å²) in [7, 11) is 0. The Morgan fingerprint density at radius 3 is 2.28 bits per heavy atom. The van der Waals surface area contributed by atoms with E-state index in [2.05, 4.69) is 10.00 Å². The van der Waals surface area contributed by atoms with Gasteiger partial charge in [0, 0.05) is 32.7 Å². The fraction of sp³-hybridized carbons (Fsp3) is 0.474. The summed E-state index contributed by atoms with van der Waals surface area (Å²) in [6, 6.07) is 5.36. The Hall–Kier alpha value is -2.13. The molecule has 1 unspecified atom stereocenters. The summed E-state index contributed by atoms with van der Waals surface area (Å²) in [5.41, 5.74) is -0.101. The van der Waals surface area contributed by atoms with Gasteiger partial charge in [-0.05, 0) is 31.5 Å². The van der Waals surface area contributed by atoms with Crippen molar-refractivity contribution in [3.63, 3.8) is 0 Å².